The van der Waals surface area contributed by atoms with Crippen LogP contribution in [0, 0.1) is 5.39 Å². The van der Waals surface area contributed by atoms with Crippen LogP contribution >= 0.6 is 0 Å². The van der Waals surface area contributed by atoms with Crippen molar-refractivity contribution in [2.45, 2.75) is 6.42 Å². The van der Waals surface area contributed by atoms with Crippen molar-refractivity contribution in [2.24, 2.45) is 15.4 Å². The van der Waals surface area contributed by atoms with Crippen LogP contribution in [0.2, 0.25) is 0 Å². The van der Waals surface area contributed by atoms with Crippen molar-refractivity contribution in [2.75, 3.05) is 0 Å². The van der Waals surface area contributed by atoms with Gasteiger partial charge in [-0.1, -0.05) is 24.3 Å². The fraction of sp³-hybridized carbons (Fsp3) is 0.0769. The minimum Gasteiger partial charge on any atom is -0.362 e. The van der Waals surface area contributed by atoms with Crippen LogP contribution in [0.1, 0.15) is 6.42 Å². The van der Waals surface area contributed by atoms with E-state index in [1.165, 1.54) is 0 Å². The molecule has 90 valence electrons. The van der Waals surface area contributed by atoms with Crippen LogP contribution in [-0.4, -0.2) is 11.4 Å². The molecule has 0 bridgehead atoms. The Kier molecular flexibility index (Phi) is 2.58. The second kappa shape index (κ2) is 4.38. The standard InChI is InChI=1S/C13H8N6/c14-18-16-10-4-5-11-9(7-10)6-8-2-1-3-12(13(8)11)17-19-15/h1-5,7H,6H2. The number of rotatable bonds is 1. The van der Waals surface area contributed by atoms with Crippen molar-refractivity contribution in [3.8, 4) is 0 Å². The first kappa shape index (κ1) is 11.2. The van der Waals surface area contributed by atoms with Crippen LogP contribution in [0.5, 0.6) is 0 Å². The highest BCUT2D eigenvalue weighted by Crippen LogP contribution is 2.40. The van der Waals surface area contributed by atoms with Gasteiger partial charge in [-0.05, 0) is 46.6 Å². The monoisotopic (exact) mass is 248 g/mol. The van der Waals surface area contributed by atoms with Crippen molar-refractivity contribution in [1.29, 1.82) is 5.39 Å². The molecule has 0 spiro atoms. The number of nitrogens with zero attached hydrogens (tertiary/aromatic N) is 6. The van der Waals surface area contributed by atoms with Crippen molar-refractivity contribution >= 4 is 11.4 Å². The van der Waals surface area contributed by atoms with Gasteiger partial charge in [0.15, 0.2) is 10.8 Å². The van der Waals surface area contributed by atoms with E-state index in [-0.39, 0.29) is 0 Å². The molecule has 6 nitrogen and oxygen atoms in total. The number of allylic oxidation sites excluding steroid dienone is 10. The van der Waals surface area contributed by atoms with Gasteiger partial charge in [0.05, 0.1) is 0 Å². The van der Waals surface area contributed by atoms with E-state index in [1.807, 2.05) is 24.3 Å². The second-order valence-electron chi connectivity index (χ2n) is 4.21. The number of diazo groups is 1. The summed E-state index contributed by atoms with van der Waals surface area (Å²) >= 11 is 0. The van der Waals surface area contributed by atoms with Crippen LogP contribution in [0.4, 0.5) is 0 Å². The first-order chi connectivity index (χ1) is 9.33. The third kappa shape index (κ3) is 1.77. The summed E-state index contributed by atoms with van der Waals surface area (Å²) in [6.07, 6.45) is 12.0. The van der Waals surface area contributed by atoms with Crippen molar-refractivity contribution < 1.29 is 0 Å². The van der Waals surface area contributed by atoms with Crippen LogP contribution < -0.4 is 0 Å². The Morgan fingerprint density at radius 3 is 2.89 bits per heavy atom. The Bertz CT molecular complexity index is 719. The quantitative estimate of drug-likeness (QED) is 0.398. The van der Waals surface area contributed by atoms with Gasteiger partial charge in [-0.3, -0.25) is 5.22 Å². The molecule has 3 aliphatic carbocycles. The average Bonchev–Trinajstić information content (AvgIpc) is 2.78. The minimum atomic E-state index is 0.597. The molecule has 0 heterocycles. The first-order valence-electron chi connectivity index (χ1n) is 5.69. The van der Waals surface area contributed by atoms with Gasteiger partial charge in [-0.15, -0.1) is 0 Å². The molecule has 0 saturated heterocycles. The third-order valence-electron chi connectivity index (χ3n) is 3.18. The van der Waals surface area contributed by atoms with E-state index in [1.54, 1.807) is 12.2 Å². The lowest BCUT2D eigenvalue weighted by molar-refractivity contribution is 1.20. The fourth-order valence-electron chi connectivity index (χ4n) is 2.47. The molecule has 0 radical (unpaired) electrons. The second-order valence-corrected chi connectivity index (χ2v) is 4.21. The van der Waals surface area contributed by atoms with Crippen LogP contribution in [0.25, 0.3) is 10.6 Å². The maximum absolute atomic E-state index is 8.62. The van der Waals surface area contributed by atoms with E-state index in [0.29, 0.717) is 11.4 Å². The Morgan fingerprint density at radius 2 is 2.11 bits per heavy atom. The van der Waals surface area contributed by atoms with E-state index >= 15 is 0 Å². The summed E-state index contributed by atoms with van der Waals surface area (Å²) in [5.74, 6) is 0. The maximum atomic E-state index is 8.62. The summed E-state index contributed by atoms with van der Waals surface area (Å²) in [5.41, 5.74) is 14.1. The highest BCUT2D eigenvalue weighted by molar-refractivity contribution is 6.16. The number of fused-ring (bicyclic) bond motifs is 2. The molecule has 0 atom stereocenters. The minimum absolute atomic E-state index is 0.597. The topological polar surface area (TPSA) is 87.5 Å². The van der Waals surface area contributed by atoms with Crippen molar-refractivity contribution in [1.82, 2.24) is 0 Å². The predicted octanol–water partition coefficient (Wildman–Crippen LogP) is 3.27. The van der Waals surface area contributed by atoms with Gasteiger partial charge in [0.25, 0.3) is 5.39 Å². The average molecular weight is 248 g/mol. The Hall–Kier alpha value is -2.94. The molecule has 3 rings (SSSR count). The third-order valence-corrected chi connectivity index (χ3v) is 3.18. The molecule has 19 heavy (non-hydrogen) atoms. The smallest absolute Gasteiger partial charge is 0.339 e. The highest BCUT2D eigenvalue weighted by Gasteiger charge is 2.27. The van der Waals surface area contributed by atoms with E-state index in [0.717, 1.165) is 28.7 Å². The van der Waals surface area contributed by atoms with E-state index in [9.17, 15) is 0 Å². The molecule has 0 aliphatic heterocycles. The van der Waals surface area contributed by atoms with Gasteiger partial charge in [-0.2, -0.15) is 0 Å². The lowest BCUT2D eigenvalue weighted by Gasteiger charge is -2.14. The normalized spacial score (nSPS) is 23.9. The van der Waals surface area contributed by atoms with Gasteiger partial charge in [0.1, 0.15) is 0 Å². The first-order valence-corrected chi connectivity index (χ1v) is 5.69. The summed E-state index contributed by atoms with van der Waals surface area (Å²) in [6.45, 7) is 0. The largest absolute Gasteiger partial charge is 0.362 e. The Balaban J connectivity index is 2.14. The summed E-state index contributed by atoms with van der Waals surface area (Å²) in [7, 11) is 0. The van der Waals surface area contributed by atoms with Gasteiger partial charge in [-0.25, -0.2) is 0 Å². The molecular weight excluding hydrogens is 240 g/mol. The molecule has 0 fully saturated rings. The fourth-order valence-corrected chi connectivity index (χ4v) is 2.47. The lowest BCUT2D eigenvalue weighted by atomic mass is 9.96. The van der Waals surface area contributed by atoms with E-state index in [4.69, 9.17) is 10.9 Å². The molecule has 0 amide bonds. The lowest BCUT2D eigenvalue weighted by Crippen LogP contribution is -2.04. The molecule has 0 aromatic heterocycles. The Labute approximate surface area is 109 Å². The maximum Gasteiger partial charge on any atom is 0.339 e. The van der Waals surface area contributed by atoms with Gasteiger partial charge >= 0.3 is 5.08 Å². The number of hydrogen-bond donors (Lipinski definition) is 0. The van der Waals surface area contributed by atoms with Crippen molar-refractivity contribution in [3.05, 3.63) is 69.4 Å². The molecule has 0 saturated carbocycles. The zero-order chi connectivity index (χ0) is 13.2. The van der Waals surface area contributed by atoms with Gasteiger partial charge in [0.2, 0.25) is 0 Å². The van der Waals surface area contributed by atoms with Crippen LogP contribution in [0.15, 0.2) is 74.2 Å². The van der Waals surface area contributed by atoms with Crippen molar-refractivity contribution in [3.63, 3.8) is 0 Å². The molecule has 0 aromatic rings. The molecule has 0 N–H and O–H groups in total. The summed E-state index contributed by atoms with van der Waals surface area (Å²) in [4.78, 5) is 0. The number of hydrogen-bond acceptors (Lipinski definition) is 3. The molecule has 6 heteroatoms. The zero-order valence-electron chi connectivity index (χ0n) is 9.85. The predicted molar refractivity (Wildman–Crippen MR) is 71.8 cm³/mol. The van der Waals surface area contributed by atoms with Gasteiger partial charge < -0.3 is 10.6 Å². The summed E-state index contributed by atoms with van der Waals surface area (Å²) in [6, 6.07) is 0. The highest BCUT2D eigenvalue weighted by atomic mass is 15.3. The van der Waals surface area contributed by atoms with Crippen LogP contribution in [-0.2, 0) is 0 Å². The van der Waals surface area contributed by atoms with Crippen LogP contribution in [0.3, 0.4) is 0 Å². The Morgan fingerprint density at radius 1 is 1.21 bits per heavy atom. The molecule has 0 unspecified atom stereocenters. The molecule has 3 aliphatic rings. The van der Waals surface area contributed by atoms with E-state index in [2.05, 4.69) is 20.5 Å². The molecule has 0 aromatic carbocycles. The summed E-state index contributed by atoms with van der Waals surface area (Å²) < 4.78 is 0. The van der Waals surface area contributed by atoms with Gasteiger partial charge in [0, 0.05) is 0 Å². The summed E-state index contributed by atoms with van der Waals surface area (Å²) in [5, 5.41) is 21.4. The molecular formula is C13H8N6. The zero-order valence-corrected chi connectivity index (χ0v) is 9.85. The SMILES string of the molecule is N#[N+]N=C1C=CC2=C3C(=CC=CC3=NN=[N-])CC2=C1. The van der Waals surface area contributed by atoms with E-state index < -0.39 is 0 Å².